The van der Waals surface area contributed by atoms with Gasteiger partial charge in [0.1, 0.15) is 11.2 Å². The first-order chi connectivity index (χ1) is 9.22. The Morgan fingerprint density at radius 2 is 2.11 bits per heavy atom. The molecule has 3 heteroatoms. The highest BCUT2D eigenvalue weighted by atomic mass is 35.5. The lowest BCUT2D eigenvalue weighted by atomic mass is 10.0. The summed E-state index contributed by atoms with van der Waals surface area (Å²) in [6, 6.07) is 10.1. The van der Waals surface area contributed by atoms with E-state index in [-0.39, 0.29) is 0 Å². The molecule has 3 aromatic rings. The van der Waals surface area contributed by atoms with E-state index in [1.54, 1.807) is 0 Å². The zero-order valence-corrected chi connectivity index (χ0v) is 11.2. The molecule has 94 valence electrons. The fourth-order valence-electron chi connectivity index (χ4n) is 2.71. The molecule has 0 atom stereocenters. The second-order valence-corrected chi connectivity index (χ2v) is 5.40. The van der Waals surface area contributed by atoms with E-state index >= 15 is 0 Å². The Morgan fingerprint density at radius 3 is 3.00 bits per heavy atom. The number of furan rings is 1. The molecule has 1 aromatic heterocycles. The van der Waals surface area contributed by atoms with E-state index in [4.69, 9.17) is 16.0 Å². The molecule has 0 unspecified atom stereocenters. The molecule has 2 heterocycles. The third-order valence-electron chi connectivity index (χ3n) is 3.63. The smallest absolute Gasteiger partial charge is 0.136 e. The van der Waals surface area contributed by atoms with Gasteiger partial charge in [-0.2, -0.15) is 0 Å². The maximum atomic E-state index is 6.30. The molecule has 4 rings (SSSR count). The molecule has 1 aliphatic heterocycles. The predicted molar refractivity (Wildman–Crippen MR) is 79.2 cm³/mol. The minimum atomic E-state index is 0.746. The van der Waals surface area contributed by atoms with Crippen molar-refractivity contribution >= 4 is 39.6 Å². The van der Waals surface area contributed by atoms with Gasteiger partial charge in [0, 0.05) is 24.4 Å². The largest absolute Gasteiger partial charge is 0.456 e. The van der Waals surface area contributed by atoms with E-state index in [9.17, 15) is 0 Å². The molecule has 1 aliphatic rings. The zero-order chi connectivity index (χ0) is 13.0. The first-order valence-electron chi connectivity index (χ1n) is 6.24. The van der Waals surface area contributed by atoms with Gasteiger partial charge in [0.2, 0.25) is 0 Å². The van der Waals surface area contributed by atoms with Crippen molar-refractivity contribution in [3.63, 3.8) is 0 Å². The number of benzene rings is 2. The Hall–Kier alpha value is -1.93. The lowest BCUT2D eigenvalue weighted by Gasteiger charge is -2.20. The number of nitrogens with zero attached hydrogens (tertiary/aromatic N) is 1. The molecule has 0 aliphatic carbocycles. The monoisotopic (exact) mass is 269 g/mol. The van der Waals surface area contributed by atoms with Crippen LogP contribution in [0.1, 0.15) is 11.1 Å². The summed E-state index contributed by atoms with van der Waals surface area (Å²) in [6.07, 6.45) is 4.21. The first-order valence-corrected chi connectivity index (χ1v) is 6.62. The van der Waals surface area contributed by atoms with Crippen LogP contribution < -0.4 is 0 Å². The fourth-order valence-corrected chi connectivity index (χ4v) is 2.98. The van der Waals surface area contributed by atoms with Crippen LogP contribution >= 0.6 is 11.6 Å². The lowest BCUT2D eigenvalue weighted by Crippen LogP contribution is -2.14. The van der Waals surface area contributed by atoms with Crippen molar-refractivity contribution in [1.82, 2.24) is 4.90 Å². The Bertz CT molecular complexity index is 831. The highest BCUT2D eigenvalue weighted by molar-refractivity contribution is 6.37. The number of hydrogen-bond donors (Lipinski definition) is 0. The van der Waals surface area contributed by atoms with Gasteiger partial charge in [0.25, 0.3) is 0 Å². The van der Waals surface area contributed by atoms with Gasteiger partial charge in [0.05, 0.1) is 5.02 Å². The summed E-state index contributed by atoms with van der Waals surface area (Å²) in [5, 5.41) is 2.86. The summed E-state index contributed by atoms with van der Waals surface area (Å²) in [5.74, 6) is 0. The van der Waals surface area contributed by atoms with Crippen molar-refractivity contribution in [1.29, 1.82) is 0 Å². The van der Waals surface area contributed by atoms with Crippen molar-refractivity contribution in [3.05, 3.63) is 52.7 Å². The average Bonchev–Trinajstić information content (AvgIpc) is 2.74. The number of hydrogen-bond acceptors (Lipinski definition) is 2. The van der Waals surface area contributed by atoms with Crippen molar-refractivity contribution < 1.29 is 4.42 Å². The summed E-state index contributed by atoms with van der Waals surface area (Å²) in [6.45, 7) is 0.916. The lowest BCUT2D eigenvalue weighted by molar-refractivity contribution is 0.448. The minimum absolute atomic E-state index is 0.746. The Labute approximate surface area is 115 Å². The molecule has 0 saturated heterocycles. The number of rotatable bonds is 0. The van der Waals surface area contributed by atoms with Crippen LogP contribution in [0.15, 0.2) is 40.9 Å². The van der Waals surface area contributed by atoms with Crippen molar-refractivity contribution in [2.75, 3.05) is 7.05 Å². The van der Waals surface area contributed by atoms with Crippen LogP contribution in [-0.2, 0) is 6.54 Å². The summed E-state index contributed by atoms with van der Waals surface area (Å²) < 4.78 is 5.89. The fraction of sp³-hybridized carbons (Fsp3) is 0.125. The molecule has 0 amide bonds. The highest BCUT2D eigenvalue weighted by Crippen LogP contribution is 2.36. The zero-order valence-electron chi connectivity index (χ0n) is 10.5. The molecule has 2 nitrogen and oxygen atoms in total. The van der Waals surface area contributed by atoms with E-state index in [0.29, 0.717) is 0 Å². The highest BCUT2D eigenvalue weighted by Gasteiger charge is 2.15. The van der Waals surface area contributed by atoms with E-state index in [2.05, 4.69) is 36.4 Å². The molecular weight excluding hydrogens is 258 g/mol. The SMILES string of the molecule is CN1C=Cc2cc3oc4cccc(Cl)c4c3cc2C1. The van der Waals surface area contributed by atoms with Gasteiger partial charge in [0.15, 0.2) is 0 Å². The second-order valence-electron chi connectivity index (χ2n) is 4.99. The molecule has 0 bridgehead atoms. The van der Waals surface area contributed by atoms with E-state index < -0.39 is 0 Å². The Balaban J connectivity index is 2.11. The molecule has 19 heavy (non-hydrogen) atoms. The number of fused-ring (bicyclic) bond motifs is 4. The normalized spacial score (nSPS) is 14.3. The quantitative estimate of drug-likeness (QED) is 0.590. The first kappa shape index (κ1) is 10.9. The molecule has 0 fully saturated rings. The van der Waals surface area contributed by atoms with Crippen LogP contribution in [0.4, 0.5) is 0 Å². The second kappa shape index (κ2) is 3.78. The van der Waals surface area contributed by atoms with E-state index in [0.717, 1.165) is 33.5 Å². The van der Waals surface area contributed by atoms with Crippen LogP contribution in [0.25, 0.3) is 28.0 Å². The van der Waals surface area contributed by atoms with Crippen LogP contribution in [0.2, 0.25) is 5.02 Å². The maximum Gasteiger partial charge on any atom is 0.136 e. The Morgan fingerprint density at radius 1 is 1.21 bits per heavy atom. The van der Waals surface area contributed by atoms with Crippen LogP contribution in [-0.4, -0.2) is 11.9 Å². The molecule has 0 spiro atoms. The van der Waals surface area contributed by atoms with Crippen molar-refractivity contribution in [2.24, 2.45) is 0 Å². The minimum Gasteiger partial charge on any atom is -0.456 e. The van der Waals surface area contributed by atoms with E-state index in [1.165, 1.54) is 11.1 Å². The van der Waals surface area contributed by atoms with Gasteiger partial charge in [-0.05, 0) is 47.7 Å². The van der Waals surface area contributed by atoms with Crippen molar-refractivity contribution in [3.8, 4) is 0 Å². The van der Waals surface area contributed by atoms with E-state index in [1.807, 2.05) is 18.2 Å². The number of halogens is 1. The van der Waals surface area contributed by atoms with Gasteiger partial charge < -0.3 is 9.32 Å². The maximum absolute atomic E-state index is 6.30. The Kier molecular flexibility index (Phi) is 2.18. The molecule has 2 aromatic carbocycles. The summed E-state index contributed by atoms with van der Waals surface area (Å²) in [7, 11) is 2.07. The molecule has 0 saturated carbocycles. The van der Waals surface area contributed by atoms with Crippen LogP contribution in [0.3, 0.4) is 0 Å². The average molecular weight is 270 g/mol. The van der Waals surface area contributed by atoms with Gasteiger partial charge >= 0.3 is 0 Å². The standard InChI is InChI=1S/C16H12ClNO/c1-18-6-5-10-8-15-12(7-11(10)9-18)16-13(17)3-2-4-14(16)19-15/h2-8H,9H2,1H3. The molecule has 0 radical (unpaired) electrons. The summed E-state index contributed by atoms with van der Waals surface area (Å²) in [5.41, 5.74) is 4.28. The van der Waals surface area contributed by atoms with Gasteiger partial charge in [-0.3, -0.25) is 0 Å². The summed E-state index contributed by atoms with van der Waals surface area (Å²) >= 11 is 6.30. The van der Waals surface area contributed by atoms with Gasteiger partial charge in [-0.25, -0.2) is 0 Å². The van der Waals surface area contributed by atoms with Crippen LogP contribution in [0, 0.1) is 0 Å². The van der Waals surface area contributed by atoms with Crippen LogP contribution in [0.5, 0.6) is 0 Å². The summed E-state index contributed by atoms with van der Waals surface area (Å²) in [4.78, 5) is 2.16. The molecule has 0 N–H and O–H groups in total. The third-order valence-corrected chi connectivity index (χ3v) is 3.95. The third kappa shape index (κ3) is 1.57. The van der Waals surface area contributed by atoms with Gasteiger partial charge in [-0.15, -0.1) is 0 Å². The topological polar surface area (TPSA) is 16.4 Å². The van der Waals surface area contributed by atoms with Crippen molar-refractivity contribution in [2.45, 2.75) is 6.54 Å². The molecular formula is C16H12ClNO. The predicted octanol–water partition coefficient (Wildman–Crippen LogP) is 4.66. The van der Waals surface area contributed by atoms with Gasteiger partial charge in [-0.1, -0.05) is 17.7 Å².